The predicted molar refractivity (Wildman–Crippen MR) is 184 cm³/mol. The van der Waals surface area contributed by atoms with Gasteiger partial charge in [-0.1, -0.05) is 181 Å². The number of hydrogen-bond acceptors (Lipinski definition) is 0. The minimum absolute atomic E-state index is 1.22. The van der Waals surface area contributed by atoms with Crippen LogP contribution >= 0.6 is 0 Å². The molecule has 0 saturated carbocycles. The fourth-order valence-corrected chi connectivity index (χ4v) is 6.50. The van der Waals surface area contributed by atoms with Crippen LogP contribution in [-0.2, 0) is 19.5 Å². The van der Waals surface area contributed by atoms with Crippen molar-refractivity contribution in [2.45, 2.75) is 233 Å². The molecule has 0 amide bonds. The molecule has 0 atom stereocenters. The van der Waals surface area contributed by atoms with Gasteiger partial charge in [-0.15, -0.1) is 0 Å². The Bertz CT molecular complexity index is 634. The Labute approximate surface area is 259 Å². The summed E-state index contributed by atoms with van der Waals surface area (Å²) < 4.78 is 5.21. The van der Waals surface area contributed by atoms with Crippen molar-refractivity contribution in [3.8, 4) is 0 Å². The second-order valence-electron chi connectivity index (χ2n) is 13.4. The number of rotatable bonds is 33. The topological polar surface area (TPSA) is 8.81 Å². The van der Waals surface area contributed by atoms with E-state index < -0.39 is 0 Å². The Morgan fingerprint density at radius 2 is 0.756 bits per heavy atom. The Morgan fingerprint density at radius 1 is 0.415 bits per heavy atom. The Kier molecular flexibility index (Phi) is 28.6. The maximum atomic E-state index is 2.62. The number of aryl methyl sites for hydroxylation is 2. The van der Waals surface area contributed by atoms with Crippen LogP contribution in [-0.4, -0.2) is 4.57 Å². The minimum atomic E-state index is 1.22. The van der Waals surface area contributed by atoms with E-state index in [9.17, 15) is 0 Å². The zero-order valence-electron chi connectivity index (χ0n) is 28.9. The monoisotopic (exact) mass is 574 g/mol. The third-order valence-electron chi connectivity index (χ3n) is 9.35. The molecule has 0 aliphatic rings. The minimum Gasteiger partial charge on any atom is -0.234 e. The van der Waals surface area contributed by atoms with Crippen LogP contribution in [0.2, 0.25) is 0 Å². The number of unbranched alkanes of at least 4 members (excludes halogenated alkanes) is 27. The van der Waals surface area contributed by atoms with Gasteiger partial charge in [-0.25, -0.2) is 9.13 Å². The lowest BCUT2D eigenvalue weighted by Gasteiger charge is -2.07. The summed E-state index contributed by atoms with van der Waals surface area (Å²) in [7, 11) is 0. The van der Waals surface area contributed by atoms with Crippen molar-refractivity contribution in [3.63, 3.8) is 0 Å². The average Bonchev–Trinajstić information content (AvgIpc) is 3.36. The zero-order valence-corrected chi connectivity index (χ0v) is 28.9. The van der Waals surface area contributed by atoms with Crippen LogP contribution in [0.5, 0.6) is 0 Å². The van der Waals surface area contributed by atoms with Crippen LogP contribution in [0.1, 0.15) is 219 Å². The van der Waals surface area contributed by atoms with Crippen molar-refractivity contribution in [1.82, 2.24) is 4.57 Å². The highest BCUT2D eigenvalue weighted by molar-refractivity contribution is 4.84. The van der Waals surface area contributed by atoms with Crippen molar-refractivity contribution < 1.29 is 4.57 Å². The highest BCUT2D eigenvalue weighted by atomic mass is 15.1. The van der Waals surface area contributed by atoms with Gasteiger partial charge in [0.1, 0.15) is 12.4 Å². The lowest BCUT2D eigenvalue weighted by molar-refractivity contribution is -0.704. The Balaban J connectivity index is 2.10. The molecule has 1 rings (SSSR count). The fourth-order valence-electron chi connectivity index (χ4n) is 6.50. The van der Waals surface area contributed by atoms with Gasteiger partial charge in [-0.05, 0) is 32.1 Å². The summed E-state index contributed by atoms with van der Waals surface area (Å²) in [5.41, 5.74) is 0. The SMILES string of the molecule is CCCCCCCCCCCCCCCCCCC[n+]1ccn(CCCCC)c1CCCCCCCCCCCC. The molecule has 242 valence electrons. The molecule has 0 aromatic carbocycles. The highest BCUT2D eigenvalue weighted by Gasteiger charge is 2.16. The summed E-state index contributed by atoms with van der Waals surface area (Å²) in [4.78, 5) is 0. The van der Waals surface area contributed by atoms with Crippen LogP contribution in [0.3, 0.4) is 0 Å². The van der Waals surface area contributed by atoms with Gasteiger partial charge in [-0.3, -0.25) is 0 Å². The summed E-state index contributed by atoms with van der Waals surface area (Å²) in [5, 5.41) is 0. The van der Waals surface area contributed by atoms with Crippen LogP contribution in [0.15, 0.2) is 12.4 Å². The average molecular weight is 574 g/mol. The summed E-state index contributed by atoms with van der Waals surface area (Å²) >= 11 is 0. The molecule has 0 bridgehead atoms. The van der Waals surface area contributed by atoms with E-state index in [1.165, 1.54) is 212 Å². The summed E-state index contributed by atoms with van der Waals surface area (Å²) in [5.74, 6) is 1.61. The molecule has 0 N–H and O–H groups in total. The van der Waals surface area contributed by atoms with Gasteiger partial charge in [-0.2, -0.15) is 0 Å². The normalized spacial score (nSPS) is 11.6. The summed E-state index contributed by atoms with van der Waals surface area (Å²) in [6, 6.07) is 0. The first kappa shape index (κ1) is 38.2. The lowest BCUT2D eigenvalue weighted by Crippen LogP contribution is -2.37. The van der Waals surface area contributed by atoms with Gasteiger partial charge in [0.05, 0.1) is 13.1 Å². The van der Waals surface area contributed by atoms with E-state index in [1.54, 1.807) is 5.82 Å². The molecule has 0 fully saturated rings. The molecule has 2 nitrogen and oxygen atoms in total. The summed E-state index contributed by atoms with van der Waals surface area (Å²) in [6.45, 7) is 9.38. The van der Waals surface area contributed by atoms with Crippen LogP contribution in [0, 0.1) is 0 Å². The molecular weight excluding hydrogens is 496 g/mol. The zero-order chi connectivity index (χ0) is 29.5. The van der Waals surface area contributed by atoms with E-state index in [0.717, 1.165) is 0 Å². The molecule has 41 heavy (non-hydrogen) atoms. The van der Waals surface area contributed by atoms with E-state index in [1.807, 2.05) is 0 Å². The van der Waals surface area contributed by atoms with Crippen molar-refractivity contribution in [3.05, 3.63) is 18.2 Å². The van der Waals surface area contributed by atoms with E-state index in [4.69, 9.17) is 0 Å². The third-order valence-corrected chi connectivity index (χ3v) is 9.35. The molecule has 0 saturated heterocycles. The third kappa shape index (κ3) is 23.4. The molecule has 2 heteroatoms. The van der Waals surface area contributed by atoms with Crippen molar-refractivity contribution in [1.29, 1.82) is 0 Å². The van der Waals surface area contributed by atoms with E-state index in [-0.39, 0.29) is 0 Å². The van der Waals surface area contributed by atoms with Crippen LogP contribution in [0.25, 0.3) is 0 Å². The van der Waals surface area contributed by atoms with Gasteiger partial charge in [0, 0.05) is 6.42 Å². The molecule has 0 spiro atoms. The second kappa shape index (κ2) is 30.7. The van der Waals surface area contributed by atoms with E-state index >= 15 is 0 Å². The molecule has 0 radical (unpaired) electrons. The van der Waals surface area contributed by atoms with Crippen molar-refractivity contribution in [2.75, 3.05) is 0 Å². The van der Waals surface area contributed by atoms with Crippen LogP contribution < -0.4 is 4.57 Å². The van der Waals surface area contributed by atoms with Crippen molar-refractivity contribution in [2.24, 2.45) is 0 Å². The fraction of sp³-hybridized carbons (Fsp3) is 0.923. The highest BCUT2D eigenvalue weighted by Crippen LogP contribution is 2.15. The van der Waals surface area contributed by atoms with Gasteiger partial charge < -0.3 is 0 Å². The summed E-state index contributed by atoms with van der Waals surface area (Å²) in [6.07, 6.45) is 49.0. The first-order chi connectivity index (χ1) is 20.3. The molecule has 1 aromatic heterocycles. The molecule has 0 aliphatic carbocycles. The molecular formula is C39H77N2+. The smallest absolute Gasteiger partial charge is 0.234 e. The van der Waals surface area contributed by atoms with Gasteiger partial charge in [0.25, 0.3) is 5.82 Å². The molecule has 0 aliphatic heterocycles. The van der Waals surface area contributed by atoms with Crippen LogP contribution in [0.4, 0.5) is 0 Å². The van der Waals surface area contributed by atoms with Crippen molar-refractivity contribution >= 4 is 0 Å². The first-order valence-electron chi connectivity index (χ1n) is 19.4. The predicted octanol–water partition coefficient (Wildman–Crippen LogP) is 13.1. The van der Waals surface area contributed by atoms with Gasteiger partial charge in [0.2, 0.25) is 0 Å². The number of imidazole rings is 1. The van der Waals surface area contributed by atoms with E-state index in [0.29, 0.717) is 0 Å². The van der Waals surface area contributed by atoms with Gasteiger partial charge >= 0.3 is 0 Å². The Hall–Kier alpha value is -0.790. The number of nitrogens with zero attached hydrogens (tertiary/aromatic N) is 2. The maximum absolute atomic E-state index is 2.62. The maximum Gasteiger partial charge on any atom is 0.256 e. The standard InChI is InChI=1S/C39H77N2/c1-4-7-10-12-14-16-18-19-20-21-22-23-24-26-28-30-33-36-41-38-37-40(35-32-9-6-3)39(41)34-31-29-27-25-17-15-13-11-8-5-2/h37-38H,4-36H2,1-3H3/q+1. The second-order valence-corrected chi connectivity index (χ2v) is 13.4. The quantitative estimate of drug-likeness (QED) is 0.0584. The Morgan fingerprint density at radius 3 is 1.17 bits per heavy atom. The van der Waals surface area contributed by atoms with E-state index in [2.05, 4.69) is 42.3 Å². The number of hydrogen-bond donors (Lipinski definition) is 0. The molecule has 1 aromatic rings. The largest absolute Gasteiger partial charge is 0.256 e. The molecule has 0 unspecified atom stereocenters. The molecule has 1 heterocycles. The lowest BCUT2D eigenvalue weighted by atomic mass is 10.0. The number of aromatic nitrogens is 2. The van der Waals surface area contributed by atoms with Gasteiger partial charge in [0.15, 0.2) is 0 Å². The first-order valence-corrected chi connectivity index (χ1v) is 19.4.